The number of fused-ring (bicyclic) bond motifs is 14. The zero-order valence-corrected chi connectivity index (χ0v) is 41.5. The van der Waals surface area contributed by atoms with Gasteiger partial charge in [-0.2, -0.15) is 0 Å². The van der Waals surface area contributed by atoms with Crippen molar-refractivity contribution in [2.45, 2.75) is 24.7 Å². The topological polar surface area (TPSA) is 12.5 Å². The number of nitrogens with zero attached hydrogens (tertiary/aromatic N) is 1. The van der Waals surface area contributed by atoms with E-state index in [0.717, 1.165) is 39.7 Å². The van der Waals surface area contributed by atoms with Gasteiger partial charge in [0.05, 0.1) is 10.8 Å². The SMILES string of the molecule is Cc1cc(I)ccc1-c1cc(N(c2ccc(C3(c4ccccc4)c4ccccc4-c4c3ccc3ccccc43)cc2)c2ccc3c(c2)C2(c4ccccc4Oc4ccccc42)c2ccccc2-3)ccc1C. The maximum Gasteiger partial charge on any atom is 0.132 e. The molecular formula is C68H46INO. The predicted octanol–water partition coefficient (Wildman–Crippen LogP) is 18.0. The maximum atomic E-state index is 6.74. The fourth-order valence-electron chi connectivity index (χ4n) is 12.8. The van der Waals surface area contributed by atoms with Crippen LogP contribution in [0.2, 0.25) is 0 Å². The van der Waals surface area contributed by atoms with Crippen molar-refractivity contribution in [2.75, 3.05) is 4.90 Å². The van der Waals surface area contributed by atoms with Gasteiger partial charge in [-0.15, -0.1) is 0 Å². The van der Waals surface area contributed by atoms with Crippen molar-refractivity contribution in [1.29, 1.82) is 0 Å². The summed E-state index contributed by atoms with van der Waals surface area (Å²) >= 11 is 2.42. The van der Waals surface area contributed by atoms with Gasteiger partial charge in [-0.25, -0.2) is 0 Å². The molecule has 0 saturated carbocycles. The van der Waals surface area contributed by atoms with Gasteiger partial charge < -0.3 is 9.64 Å². The predicted molar refractivity (Wildman–Crippen MR) is 301 cm³/mol. The molecule has 1 aliphatic heterocycles. The fourth-order valence-corrected chi connectivity index (χ4v) is 13.4. The van der Waals surface area contributed by atoms with Crippen LogP contribution >= 0.6 is 22.6 Å². The zero-order chi connectivity index (χ0) is 47.4. The normalized spacial score (nSPS) is 15.3. The highest BCUT2D eigenvalue weighted by Gasteiger charge is 2.51. The van der Waals surface area contributed by atoms with Gasteiger partial charge in [-0.05, 0) is 186 Å². The highest BCUT2D eigenvalue weighted by atomic mass is 127. The van der Waals surface area contributed by atoms with Gasteiger partial charge in [0.2, 0.25) is 0 Å². The lowest BCUT2D eigenvalue weighted by Gasteiger charge is -2.39. The third-order valence-electron chi connectivity index (χ3n) is 15.7. The van der Waals surface area contributed by atoms with E-state index >= 15 is 0 Å². The smallest absolute Gasteiger partial charge is 0.132 e. The summed E-state index contributed by atoms with van der Waals surface area (Å²) in [4.78, 5) is 2.47. The molecule has 0 fully saturated rings. The van der Waals surface area contributed by atoms with Crippen molar-refractivity contribution in [3.8, 4) is 44.9 Å². The number of ether oxygens (including phenoxy) is 1. The van der Waals surface area contributed by atoms with Crippen LogP contribution in [-0.4, -0.2) is 0 Å². The average molecular weight is 1020 g/mol. The van der Waals surface area contributed by atoms with Gasteiger partial charge in [0.1, 0.15) is 11.5 Å². The molecule has 0 bridgehead atoms. The van der Waals surface area contributed by atoms with Crippen LogP contribution in [0.3, 0.4) is 0 Å². The van der Waals surface area contributed by atoms with E-state index in [4.69, 9.17) is 4.74 Å². The molecule has 11 aromatic rings. The van der Waals surface area contributed by atoms with Crippen molar-refractivity contribution in [1.82, 2.24) is 0 Å². The van der Waals surface area contributed by atoms with Gasteiger partial charge in [-0.1, -0.05) is 182 Å². The average Bonchev–Trinajstić information content (AvgIpc) is 3.89. The Morgan fingerprint density at radius 2 is 0.915 bits per heavy atom. The van der Waals surface area contributed by atoms with Crippen LogP contribution in [0.4, 0.5) is 17.1 Å². The zero-order valence-electron chi connectivity index (χ0n) is 39.3. The molecule has 1 atom stereocenters. The summed E-state index contributed by atoms with van der Waals surface area (Å²) < 4.78 is 7.98. The number of hydrogen-bond acceptors (Lipinski definition) is 2. The molecular weight excluding hydrogens is 974 g/mol. The van der Waals surface area contributed by atoms with E-state index in [1.54, 1.807) is 0 Å². The molecule has 1 unspecified atom stereocenters. The minimum atomic E-state index is -0.602. The molecule has 14 rings (SSSR count). The first-order valence-corrected chi connectivity index (χ1v) is 25.6. The monoisotopic (exact) mass is 1020 g/mol. The summed E-state index contributed by atoms with van der Waals surface area (Å²) in [6, 6.07) is 90.4. The minimum Gasteiger partial charge on any atom is -0.457 e. The summed E-state index contributed by atoms with van der Waals surface area (Å²) in [7, 11) is 0. The first-order chi connectivity index (χ1) is 34.9. The Hall–Kier alpha value is -7.99. The molecule has 71 heavy (non-hydrogen) atoms. The minimum absolute atomic E-state index is 0.546. The van der Waals surface area contributed by atoms with E-state index in [1.165, 1.54) is 92.2 Å². The quantitative estimate of drug-likeness (QED) is 0.154. The number of rotatable bonds is 6. The summed E-state index contributed by atoms with van der Waals surface area (Å²) in [6.45, 7) is 4.46. The van der Waals surface area contributed by atoms with E-state index in [2.05, 4.69) is 284 Å². The second-order valence-electron chi connectivity index (χ2n) is 19.3. The van der Waals surface area contributed by atoms with Crippen LogP contribution in [0.5, 0.6) is 11.5 Å². The maximum absolute atomic E-state index is 6.74. The Kier molecular flexibility index (Phi) is 9.47. The van der Waals surface area contributed by atoms with Gasteiger partial charge in [0, 0.05) is 31.8 Å². The highest BCUT2D eigenvalue weighted by molar-refractivity contribution is 14.1. The Morgan fingerprint density at radius 1 is 0.352 bits per heavy atom. The first-order valence-electron chi connectivity index (χ1n) is 24.5. The molecule has 3 heteroatoms. The number of anilines is 3. The van der Waals surface area contributed by atoms with E-state index in [9.17, 15) is 0 Å². The number of para-hydroxylation sites is 2. The van der Waals surface area contributed by atoms with Gasteiger partial charge in [0.15, 0.2) is 0 Å². The van der Waals surface area contributed by atoms with Crippen molar-refractivity contribution in [2.24, 2.45) is 0 Å². The molecule has 2 aliphatic carbocycles. The van der Waals surface area contributed by atoms with Crippen LogP contribution < -0.4 is 9.64 Å². The summed E-state index contributed by atoms with van der Waals surface area (Å²) in [5, 5.41) is 2.53. The van der Waals surface area contributed by atoms with Gasteiger partial charge in [-0.3, -0.25) is 0 Å². The van der Waals surface area contributed by atoms with Crippen LogP contribution in [0.1, 0.15) is 55.6 Å². The molecule has 0 aromatic heterocycles. The third-order valence-corrected chi connectivity index (χ3v) is 16.4. The van der Waals surface area contributed by atoms with E-state index < -0.39 is 10.8 Å². The molecule has 336 valence electrons. The molecule has 1 spiro atoms. The molecule has 3 aliphatic rings. The highest BCUT2D eigenvalue weighted by Crippen LogP contribution is 2.63. The van der Waals surface area contributed by atoms with Gasteiger partial charge in [0.25, 0.3) is 0 Å². The second kappa shape index (κ2) is 16.0. The number of hydrogen-bond donors (Lipinski definition) is 0. The van der Waals surface area contributed by atoms with E-state index in [-0.39, 0.29) is 0 Å². The molecule has 0 radical (unpaired) electrons. The third kappa shape index (κ3) is 5.99. The van der Waals surface area contributed by atoms with Crippen LogP contribution in [0.25, 0.3) is 44.2 Å². The van der Waals surface area contributed by atoms with Crippen molar-refractivity contribution in [3.63, 3.8) is 0 Å². The summed E-state index contributed by atoms with van der Waals surface area (Å²) in [5.74, 6) is 1.77. The first kappa shape index (κ1) is 41.9. The lowest BCUT2D eigenvalue weighted by atomic mass is 9.66. The Labute approximate surface area is 428 Å². The molecule has 0 saturated heterocycles. The Bertz CT molecular complexity index is 3920. The Morgan fingerprint density at radius 3 is 1.66 bits per heavy atom. The van der Waals surface area contributed by atoms with Gasteiger partial charge >= 0.3 is 0 Å². The van der Waals surface area contributed by atoms with Crippen LogP contribution in [0, 0.1) is 17.4 Å². The lowest BCUT2D eigenvalue weighted by molar-refractivity contribution is 0.436. The van der Waals surface area contributed by atoms with Crippen LogP contribution in [-0.2, 0) is 10.8 Å². The van der Waals surface area contributed by atoms with Crippen molar-refractivity contribution in [3.05, 3.63) is 302 Å². The standard InChI is InChI=1S/C68H46INO/c1-43-28-33-50(41-57(43)52-37-32-48(69)40-44(52)2)70(51-36-38-55-54-20-8-10-22-58(54)68(63(55)42-51)60-24-12-14-26-64(60)71-65-27-15-13-25-61(65)68)49-34-30-47(31-35-49)67(46-17-4-3-5-18-46)59-23-11-9-21-56(59)66-53-19-7-6-16-45(53)29-39-62(66)67/h3-42H,1-2H3. The lowest BCUT2D eigenvalue weighted by Crippen LogP contribution is -2.32. The van der Waals surface area contributed by atoms with Crippen molar-refractivity contribution < 1.29 is 4.74 Å². The Balaban J connectivity index is 1.01. The molecule has 2 nitrogen and oxygen atoms in total. The molecule has 11 aromatic carbocycles. The van der Waals surface area contributed by atoms with E-state index in [0.29, 0.717) is 0 Å². The summed E-state index contributed by atoms with van der Waals surface area (Å²) in [6.07, 6.45) is 0. The molecule has 0 amide bonds. The second-order valence-corrected chi connectivity index (χ2v) is 20.6. The molecule has 0 N–H and O–H groups in total. The summed E-state index contributed by atoms with van der Waals surface area (Å²) in [5.41, 5.74) is 22.1. The van der Waals surface area contributed by atoms with Crippen molar-refractivity contribution >= 4 is 50.4 Å². The fraction of sp³-hybridized carbons (Fsp3) is 0.0588. The molecule has 1 heterocycles. The number of halogens is 1. The van der Waals surface area contributed by atoms with E-state index in [1.807, 2.05) is 0 Å². The number of benzene rings is 11. The largest absolute Gasteiger partial charge is 0.457 e. The van der Waals surface area contributed by atoms with Crippen LogP contribution in [0.15, 0.2) is 243 Å². The number of aryl methyl sites for hydroxylation is 2.